The Morgan fingerprint density at radius 3 is 2.31 bits per heavy atom. The minimum atomic E-state index is 0.271. The predicted molar refractivity (Wildman–Crippen MR) is 150 cm³/mol. The van der Waals surface area contributed by atoms with Crippen LogP contribution in [0, 0.1) is 0 Å². The molecule has 1 saturated heterocycles. The van der Waals surface area contributed by atoms with Gasteiger partial charge in [-0.25, -0.2) is 24.9 Å². The average Bonchev–Trinajstić information content (AvgIpc) is 2.97. The predicted octanol–water partition coefficient (Wildman–Crippen LogP) is 4.97. The molecule has 0 unspecified atom stereocenters. The van der Waals surface area contributed by atoms with Crippen molar-refractivity contribution < 1.29 is 14.2 Å². The van der Waals surface area contributed by atoms with Crippen molar-refractivity contribution >= 4 is 46.3 Å². The Labute approximate surface area is 235 Å². The minimum absolute atomic E-state index is 0.271. The molecule has 4 aromatic rings. The Kier molecular flexibility index (Phi) is 8.52. The van der Waals surface area contributed by atoms with E-state index in [0.29, 0.717) is 46.0 Å². The number of pyridine rings is 1. The lowest BCUT2D eigenvalue weighted by molar-refractivity contribution is 0.0341. The molecule has 1 aromatic carbocycles. The van der Waals surface area contributed by atoms with Crippen LogP contribution < -0.4 is 20.1 Å². The van der Waals surface area contributed by atoms with Gasteiger partial charge < -0.3 is 24.8 Å². The number of morpholine rings is 1. The lowest BCUT2D eigenvalue weighted by atomic mass is 10.2. The third-order valence-electron chi connectivity index (χ3n) is 6.02. The number of nitrogens with zero attached hydrogens (tertiary/aromatic N) is 6. The SMILES string of the molecule is COc1cc(OC)c(Cl)c(Nc2nccnc2-c2cc(Nc3ccc(CN4CCOCC4)cn3)ncn2)c1Cl. The van der Waals surface area contributed by atoms with E-state index < -0.39 is 0 Å². The summed E-state index contributed by atoms with van der Waals surface area (Å²) < 4.78 is 16.1. The van der Waals surface area contributed by atoms with Crippen LogP contribution in [0.2, 0.25) is 10.0 Å². The van der Waals surface area contributed by atoms with Gasteiger partial charge in [0.1, 0.15) is 45.2 Å². The van der Waals surface area contributed by atoms with Crippen LogP contribution in [0.1, 0.15) is 5.56 Å². The quantitative estimate of drug-likeness (QED) is 0.284. The van der Waals surface area contributed by atoms with Gasteiger partial charge in [-0.2, -0.15) is 0 Å². The van der Waals surface area contributed by atoms with Gasteiger partial charge in [-0.05, 0) is 11.6 Å². The van der Waals surface area contributed by atoms with Crippen molar-refractivity contribution in [1.82, 2.24) is 29.8 Å². The van der Waals surface area contributed by atoms with E-state index in [1.165, 1.54) is 20.5 Å². The normalized spacial score (nSPS) is 13.6. The molecule has 5 rings (SSSR count). The van der Waals surface area contributed by atoms with Crippen molar-refractivity contribution in [2.24, 2.45) is 0 Å². The highest BCUT2D eigenvalue weighted by Gasteiger charge is 2.20. The Bertz CT molecular complexity index is 1410. The molecule has 11 nitrogen and oxygen atoms in total. The molecule has 13 heteroatoms. The molecule has 0 saturated carbocycles. The van der Waals surface area contributed by atoms with Crippen LogP contribution in [-0.2, 0) is 11.3 Å². The van der Waals surface area contributed by atoms with Gasteiger partial charge in [-0.3, -0.25) is 4.90 Å². The van der Waals surface area contributed by atoms with Crippen molar-refractivity contribution in [2.75, 3.05) is 51.2 Å². The highest BCUT2D eigenvalue weighted by Crippen LogP contribution is 2.45. The fraction of sp³-hybridized carbons (Fsp3) is 0.269. The van der Waals surface area contributed by atoms with Crippen molar-refractivity contribution in [3.63, 3.8) is 0 Å². The fourth-order valence-corrected chi connectivity index (χ4v) is 4.62. The van der Waals surface area contributed by atoms with Crippen LogP contribution in [0.4, 0.5) is 23.1 Å². The molecule has 2 N–H and O–H groups in total. The highest BCUT2D eigenvalue weighted by atomic mass is 35.5. The number of nitrogens with one attached hydrogen (secondary N) is 2. The minimum Gasteiger partial charge on any atom is -0.495 e. The van der Waals surface area contributed by atoms with E-state index in [4.69, 9.17) is 37.4 Å². The van der Waals surface area contributed by atoms with Crippen LogP contribution in [-0.4, -0.2) is 70.3 Å². The van der Waals surface area contributed by atoms with Gasteiger partial charge in [0.05, 0.1) is 38.8 Å². The summed E-state index contributed by atoms with van der Waals surface area (Å²) in [7, 11) is 3.02. The van der Waals surface area contributed by atoms with Crippen LogP contribution in [0.5, 0.6) is 11.5 Å². The van der Waals surface area contributed by atoms with E-state index in [9.17, 15) is 0 Å². The van der Waals surface area contributed by atoms with Crippen LogP contribution in [0.3, 0.4) is 0 Å². The molecule has 0 bridgehead atoms. The van der Waals surface area contributed by atoms with E-state index in [-0.39, 0.29) is 10.0 Å². The smallest absolute Gasteiger partial charge is 0.158 e. The van der Waals surface area contributed by atoms with E-state index in [2.05, 4.69) is 40.5 Å². The van der Waals surface area contributed by atoms with Crippen LogP contribution in [0.15, 0.2) is 49.2 Å². The summed E-state index contributed by atoms with van der Waals surface area (Å²) in [4.78, 5) is 24.5. The lowest BCUT2D eigenvalue weighted by Gasteiger charge is -2.26. The van der Waals surface area contributed by atoms with Gasteiger partial charge in [0.25, 0.3) is 0 Å². The van der Waals surface area contributed by atoms with E-state index in [1.807, 2.05) is 18.3 Å². The zero-order valence-corrected chi connectivity index (χ0v) is 22.8. The van der Waals surface area contributed by atoms with Gasteiger partial charge in [0.2, 0.25) is 0 Å². The molecule has 1 aliphatic heterocycles. The number of hydrogen-bond acceptors (Lipinski definition) is 11. The number of methoxy groups -OCH3 is 2. The number of benzene rings is 1. The largest absolute Gasteiger partial charge is 0.495 e. The number of ether oxygens (including phenoxy) is 3. The van der Waals surface area contributed by atoms with E-state index in [0.717, 1.165) is 38.4 Å². The third kappa shape index (κ3) is 6.28. The molecule has 1 aliphatic rings. The molecule has 0 radical (unpaired) electrons. The zero-order valence-electron chi connectivity index (χ0n) is 21.3. The third-order valence-corrected chi connectivity index (χ3v) is 6.77. The summed E-state index contributed by atoms with van der Waals surface area (Å²) in [5.74, 6) is 2.37. The zero-order chi connectivity index (χ0) is 27.2. The maximum Gasteiger partial charge on any atom is 0.158 e. The molecule has 0 atom stereocenters. The molecule has 39 heavy (non-hydrogen) atoms. The van der Waals surface area contributed by atoms with Crippen molar-refractivity contribution in [3.05, 3.63) is 64.8 Å². The second-order valence-corrected chi connectivity index (χ2v) is 9.27. The molecular formula is C26H26Cl2N8O3. The van der Waals surface area contributed by atoms with Gasteiger partial charge >= 0.3 is 0 Å². The Morgan fingerprint density at radius 1 is 0.872 bits per heavy atom. The van der Waals surface area contributed by atoms with Crippen LogP contribution >= 0.6 is 23.2 Å². The van der Waals surface area contributed by atoms with Gasteiger partial charge in [-0.1, -0.05) is 29.3 Å². The summed E-state index contributed by atoms with van der Waals surface area (Å²) in [5.41, 5.74) is 2.48. The first kappa shape index (κ1) is 26.8. The molecule has 202 valence electrons. The van der Waals surface area contributed by atoms with Crippen molar-refractivity contribution in [3.8, 4) is 22.9 Å². The average molecular weight is 569 g/mol. The summed E-state index contributed by atoms with van der Waals surface area (Å²) in [6, 6.07) is 7.34. The first-order valence-electron chi connectivity index (χ1n) is 12.1. The van der Waals surface area contributed by atoms with Crippen LogP contribution in [0.25, 0.3) is 11.4 Å². The maximum atomic E-state index is 6.55. The number of anilines is 4. The van der Waals surface area contributed by atoms with Crippen molar-refractivity contribution in [2.45, 2.75) is 6.54 Å². The lowest BCUT2D eigenvalue weighted by Crippen LogP contribution is -2.35. The number of halogens is 2. The number of hydrogen-bond donors (Lipinski definition) is 2. The number of aromatic nitrogens is 5. The molecule has 1 fully saturated rings. The molecule has 3 aromatic heterocycles. The van der Waals surface area contributed by atoms with Gasteiger partial charge in [0.15, 0.2) is 5.82 Å². The molecule has 0 spiro atoms. The summed E-state index contributed by atoms with van der Waals surface area (Å²) in [5, 5.41) is 6.93. The van der Waals surface area contributed by atoms with Crippen molar-refractivity contribution in [1.29, 1.82) is 0 Å². The van der Waals surface area contributed by atoms with Gasteiger partial charge in [0, 0.05) is 50.4 Å². The Morgan fingerprint density at radius 2 is 1.62 bits per heavy atom. The standard InChI is InChI=1S/C26H26Cl2N8O3/c1-37-18-12-19(38-2)23(28)25(22(18)27)35-26-24(29-5-6-30-26)17-11-21(33-15-32-17)34-20-4-3-16(13-31-20)14-36-7-9-39-10-8-36/h3-6,11-13,15H,7-10,14H2,1-2H3,(H,30,35)(H,31,32,33,34). The Hall–Kier alpha value is -3.77. The second-order valence-electron chi connectivity index (χ2n) is 8.52. The maximum absolute atomic E-state index is 6.55. The second kappa shape index (κ2) is 12.4. The first-order chi connectivity index (χ1) is 19.1. The number of rotatable bonds is 9. The summed E-state index contributed by atoms with van der Waals surface area (Å²) in [6.45, 7) is 4.21. The van der Waals surface area contributed by atoms with E-state index in [1.54, 1.807) is 24.5 Å². The summed E-state index contributed by atoms with van der Waals surface area (Å²) in [6.07, 6.45) is 6.42. The molecular weight excluding hydrogens is 543 g/mol. The highest BCUT2D eigenvalue weighted by molar-refractivity contribution is 6.41. The molecule has 0 aliphatic carbocycles. The summed E-state index contributed by atoms with van der Waals surface area (Å²) >= 11 is 13.1. The Balaban J connectivity index is 1.36. The van der Waals surface area contributed by atoms with Gasteiger partial charge in [-0.15, -0.1) is 0 Å². The first-order valence-corrected chi connectivity index (χ1v) is 12.8. The molecule has 0 amide bonds. The van der Waals surface area contributed by atoms with E-state index >= 15 is 0 Å². The topological polar surface area (TPSA) is 119 Å². The molecule has 4 heterocycles. The monoisotopic (exact) mass is 568 g/mol. The fourth-order valence-electron chi connectivity index (χ4n) is 4.03.